The van der Waals surface area contributed by atoms with Crippen molar-refractivity contribution in [3.05, 3.63) is 59.7 Å². The molecule has 2 aromatic rings. The van der Waals surface area contributed by atoms with E-state index < -0.39 is 0 Å². The molecule has 0 heterocycles. The molecule has 18 heavy (non-hydrogen) atoms. The highest BCUT2D eigenvalue weighted by molar-refractivity contribution is 5.51. The molecule has 2 atom stereocenters. The lowest BCUT2D eigenvalue weighted by Gasteiger charge is -2.08. The van der Waals surface area contributed by atoms with E-state index in [4.69, 9.17) is 4.74 Å². The van der Waals surface area contributed by atoms with Gasteiger partial charge >= 0.3 is 0 Å². The van der Waals surface area contributed by atoms with Gasteiger partial charge in [0, 0.05) is 5.56 Å². The summed E-state index contributed by atoms with van der Waals surface area (Å²) < 4.78 is 5.15. The molecule has 0 amide bonds. The molecule has 2 nitrogen and oxygen atoms in total. The first-order valence-corrected chi connectivity index (χ1v) is 6.22. The van der Waals surface area contributed by atoms with E-state index in [1.165, 1.54) is 5.56 Å². The van der Waals surface area contributed by atoms with E-state index in [0.717, 1.165) is 12.0 Å². The molecule has 2 aromatic carbocycles. The van der Waals surface area contributed by atoms with Gasteiger partial charge in [-0.05, 0) is 29.9 Å². The minimum atomic E-state index is 0.295. The Kier molecular flexibility index (Phi) is 2.71. The number of rotatable bonds is 3. The van der Waals surface area contributed by atoms with Crippen molar-refractivity contribution in [2.75, 3.05) is 7.11 Å². The van der Waals surface area contributed by atoms with Crippen molar-refractivity contribution in [2.24, 2.45) is 0 Å². The number of ether oxygens (including phenoxy) is 1. The van der Waals surface area contributed by atoms with Crippen LogP contribution in [0.4, 0.5) is 0 Å². The number of para-hydroxylation sites is 1. The highest BCUT2D eigenvalue weighted by atomic mass is 16.5. The summed E-state index contributed by atoms with van der Waals surface area (Å²) in [5.41, 5.74) is 2.35. The second kappa shape index (κ2) is 4.37. The van der Waals surface area contributed by atoms with Gasteiger partial charge in [-0.1, -0.05) is 42.5 Å². The van der Waals surface area contributed by atoms with E-state index in [9.17, 15) is 5.11 Å². The molecular weight excluding hydrogens is 224 g/mol. The number of benzene rings is 2. The SMILES string of the molecule is COc1cccc(C2CC2c2ccccc2)c1O. The largest absolute Gasteiger partial charge is 0.504 e. The van der Waals surface area contributed by atoms with E-state index in [2.05, 4.69) is 24.3 Å². The fraction of sp³-hybridized carbons (Fsp3) is 0.250. The summed E-state index contributed by atoms with van der Waals surface area (Å²) in [5.74, 6) is 1.81. The Labute approximate surface area is 107 Å². The summed E-state index contributed by atoms with van der Waals surface area (Å²) >= 11 is 0. The maximum Gasteiger partial charge on any atom is 0.161 e. The van der Waals surface area contributed by atoms with Crippen LogP contribution in [0.3, 0.4) is 0 Å². The quantitative estimate of drug-likeness (QED) is 0.887. The molecule has 0 saturated heterocycles. The lowest BCUT2D eigenvalue weighted by Crippen LogP contribution is -1.89. The van der Waals surface area contributed by atoms with Crippen molar-refractivity contribution in [1.82, 2.24) is 0 Å². The van der Waals surface area contributed by atoms with Crippen LogP contribution >= 0.6 is 0 Å². The molecule has 2 unspecified atom stereocenters. The molecule has 92 valence electrons. The minimum Gasteiger partial charge on any atom is -0.504 e. The normalized spacial score (nSPS) is 21.6. The van der Waals surface area contributed by atoms with Crippen LogP contribution in [-0.4, -0.2) is 12.2 Å². The highest BCUT2D eigenvalue weighted by Crippen LogP contribution is 2.57. The van der Waals surface area contributed by atoms with E-state index in [0.29, 0.717) is 23.3 Å². The summed E-state index contributed by atoms with van der Waals surface area (Å²) in [7, 11) is 1.58. The topological polar surface area (TPSA) is 29.5 Å². The van der Waals surface area contributed by atoms with E-state index in [-0.39, 0.29) is 0 Å². The Morgan fingerprint density at radius 1 is 1.00 bits per heavy atom. The zero-order valence-corrected chi connectivity index (χ0v) is 10.3. The minimum absolute atomic E-state index is 0.295. The van der Waals surface area contributed by atoms with Gasteiger partial charge in [0.05, 0.1) is 7.11 Å². The third-order valence-electron chi connectivity index (χ3n) is 3.67. The van der Waals surface area contributed by atoms with Crippen LogP contribution in [-0.2, 0) is 0 Å². The maximum absolute atomic E-state index is 10.1. The molecule has 1 fully saturated rings. The molecule has 0 aliphatic heterocycles. The summed E-state index contributed by atoms with van der Waals surface area (Å²) in [4.78, 5) is 0. The van der Waals surface area contributed by atoms with E-state index in [1.807, 2.05) is 18.2 Å². The van der Waals surface area contributed by atoms with Gasteiger partial charge in [-0.15, -0.1) is 0 Å². The summed E-state index contributed by atoms with van der Waals surface area (Å²) in [6.45, 7) is 0. The monoisotopic (exact) mass is 240 g/mol. The van der Waals surface area contributed by atoms with Gasteiger partial charge in [0.1, 0.15) is 0 Å². The number of hydrogen-bond donors (Lipinski definition) is 1. The molecule has 0 bridgehead atoms. The number of phenolic OH excluding ortho intramolecular Hbond substituents is 1. The summed E-state index contributed by atoms with van der Waals surface area (Å²) in [6, 6.07) is 16.2. The molecule has 0 aromatic heterocycles. The third-order valence-corrected chi connectivity index (χ3v) is 3.67. The van der Waals surface area contributed by atoms with Crippen LogP contribution in [0.1, 0.15) is 29.4 Å². The number of hydrogen-bond acceptors (Lipinski definition) is 2. The maximum atomic E-state index is 10.1. The third kappa shape index (κ3) is 1.84. The zero-order valence-electron chi connectivity index (χ0n) is 10.3. The fourth-order valence-electron chi connectivity index (χ4n) is 2.61. The second-order valence-corrected chi connectivity index (χ2v) is 4.76. The molecule has 3 rings (SSSR count). The van der Waals surface area contributed by atoms with Crippen LogP contribution in [0, 0.1) is 0 Å². The van der Waals surface area contributed by atoms with Crippen molar-refractivity contribution in [2.45, 2.75) is 18.3 Å². The van der Waals surface area contributed by atoms with Crippen LogP contribution in [0.15, 0.2) is 48.5 Å². The van der Waals surface area contributed by atoms with Gasteiger partial charge < -0.3 is 9.84 Å². The molecule has 1 aliphatic rings. The molecule has 1 aliphatic carbocycles. The number of phenols is 1. The van der Waals surface area contributed by atoms with E-state index >= 15 is 0 Å². The molecule has 1 N–H and O–H groups in total. The van der Waals surface area contributed by atoms with Crippen molar-refractivity contribution >= 4 is 0 Å². The summed E-state index contributed by atoms with van der Waals surface area (Å²) in [5, 5.41) is 10.1. The van der Waals surface area contributed by atoms with Gasteiger partial charge in [-0.2, -0.15) is 0 Å². The average Bonchev–Trinajstić information content (AvgIpc) is 3.20. The smallest absolute Gasteiger partial charge is 0.161 e. The Hall–Kier alpha value is -1.96. The molecule has 0 radical (unpaired) electrons. The fourth-order valence-corrected chi connectivity index (χ4v) is 2.61. The van der Waals surface area contributed by atoms with Crippen LogP contribution in [0.25, 0.3) is 0 Å². The lowest BCUT2D eigenvalue weighted by molar-refractivity contribution is 0.370. The van der Waals surface area contributed by atoms with E-state index in [1.54, 1.807) is 13.2 Å². The predicted molar refractivity (Wildman–Crippen MR) is 71.2 cm³/mol. The zero-order chi connectivity index (χ0) is 12.5. The Bertz CT molecular complexity index is 548. The average molecular weight is 240 g/mol. The van der Waals surface area contributed by atoms with Gasteiger partial charge in [0.25, 0.3) is 0 Å². The number of methoxy groups -OCH3 is 1. The van der Waals surface area contributed by atoms with Crippen LogP contribution < -0.4 is 4.74 Å². The first-order valence-electron chi connectivity index (χ1n) is 6.22. The van der Waals surface area contributed by atoms with Crippen LogP contribution in [0.2, 0.25) is 0 Å². The summed E-state index contributed by atoms with van der Waals surface area (Å²) in [6.07, 6.45) is 1.10. The first kappa shape index (κ1) is 11.1. The van der Waals surface area contributed by atoms with Crippen molar-refractivity contribution in [3.63, 3.8) is 0 Å². The van der Waals surface area contributed by atoms with Gasteiger partial charge in [0.15, 0.2) is 11.5 Å². The highest BCUT2D eigenvalue weighted by Gasteiger charge is 2.41. The molecule has 2 heteroatoms. The Morgan fingerprint density at radius 3 is 2.50 bits per heavy atom. The van der Waals surface area contributed by atoms with Gasteiger partial charge in [-0.25, -0.2) is 0 Å². The predicted octanol–water partition coefficient (Wildman–Crippen LogP) is 3.67. The standard InChI is InChI=1S/C16H16O2/c1-18-15-9-5-8-12(16(15)17)14-10-13(14)11-6-3-2-4-7-11/h2-9,13-14,17H,10H2,1H3. The molecule has 1 saturated carbocycles. The van der Waals surface area contributed by atoms with Crippen molar-refractivity contribution < 1.29 is 9.84 Å². The van der Waals surface area contributed by atoms with Gasteiger partial charge in [0.2, 0.25) is 0 Å². The molecule has 0 spiro atoms. The Morgan fingerprint density at radius 2 is 1.78 bits per heavy atom. The second-order valence-electron chi connectivity index (χ2n) is 4.76. The molecular formula is C16H16O2. The van der Waals surface area contributed by atoms with Crippen LogP contribution in [0.5, 0.6) is 11.5 Å². The van der Waals surface area contributed by atoms with Crippen molar-refractivity contribution in [1.29, 1.82) is 0 Å². The van der Waals surface area contributed by atoms with Crippen molar-refractivity contribution in [3.8, 4) is 11.5 Å². The lowest BCUT2D eigenvalue weighted by atomic mass is 10.0. The Balaban J connectivity index is 1.87. The number of aromatic hydroxyl groups is 1. The first-order chi connectivity index (χ1) is 8.81. The van der Waals surface area contributed by atoms with Gasteiger partial charge in [-0.3, -0.25) is 0 Å².